The number of hydrogen-bond acceptors (Lipinski definition) is 2. The molecule has 1 atom stereocenters. The molecule has 1 aliphatic heterocycles. The van der Waals surface area contributed by atoms with Crippen molar-refractivity contribution < 1.29 is 0 Å². The Kier molecular flexibility index (Phi) is 6.14. The summed E-state index contributed by atoms with van der Waals surface area (Å²) in [7, 11) is 0. The van der Waals surface area contributed by atoms with Gasteiger partial charge in [0.2, 0.25) is 0 Å². The molecule has 0 aromatic carbocycles. The molecule has 116 valence electrons. The van der Waals surface area contributed by atoms with Crippen LogP contribution in [0.4, 0.5) is 0 Å². The molecular weight excluding hydrogens is 248 g/mol. The monoisotopic (exact) mass is 280 g/mol. The van der Waals surface area contributed by atoms with Gasteiger partial charge in [0, 0.05) is 32.2 Å². The SMILES string of the molecule is CCNC(=NCCN(CC)C1CC1)N1CCCC(C)C1. The number of rotatable bonds is 6. The second kappa shape index (κ2) is 7.87. The summed E-state index contributed by atoms with van der Waals surface area (Å²) in [6.45, 7) is 13.3. The highest BCUT2D eigenvalue weighted by Gasteiger charge is 2.27. The molecule has 1 saturated heterocycles. The first-order chi connectivity index (χ1) is 9.74. The molecule has 2 rings (SSSR count). The molecule has 0 aromatic heterocycles. The highest BCUT2D eigenvalue weighted by Crippen LogP contribution is 2.26. The Morgan fingerprint density at radius 3 is 2.70 bits per heavy atom. The molecule has 1 aliphatic carbocycles. The quantitative estimate of drug-likeness (QED) is 0.597. The summed E-state index contributed by atoms with van der Waals surface area (Å²) in [6.07, 6.45) is 5.44. The Hall–Kier alpha value is -0.770. The first kappa shape index (κ1) is 15.6. The van der Waals surface area contributed by atoms with Crippen LogP contribution in [0.5, 0.6) is 0 Å². The number of guanidine groups is 1. The van der Waals surface area contributed by atoms with Crippen LogP contribution >= 0.6 is 0 Å². The Morgan fingerprint density at radius 2 is 2.10 bits per heavy atom. The summed E-state index contributed by atoms with van der Waals surface area (Å²) in [5, 5.41) is 3.47. The lowest BCUT2D eigenvalue weighted by Gasteiger charge is -2.33. The van der Waals surface area contributed by atoms with Gasteiger partial charge in [-0.3, -0.25) is 9.89 Å². The van der Waals surface area contributed by atoms with Crippen molar-refractivity contribution in [1.29, 1.82) is 0 Å². The summed E-state index contributed by atoms with van der Waals surface area (Å²) in [4.78, 5) is 9.88. The zero-order chi connectivity index (χ0) is 14.4. The average molecular weight is 280 g/mol. The van der Waals surface area contributed by atoms with Crippen LogP contribution in [0.1, 0.15) is 46.5 Å². The Morgan fingerprint density at radius 1 is 1.30 bits per heavy atom. The van der Waals surface area contributed by atoms with E-state index >= 15 is 0 Å². The van der Waals surface area contributed by atoms with Gasteiger partial charge in [-0.05, 0) is 45.1 Å². The van der Waals surface area contributed by atoms with E-state index in [9.17, 15) is 0 Å². The van der Waals surface area contributed by atoms with Gasteiger partial charge in [0.1, 0.15) is 0 Å². The van der Waals surface area contributed by atoms with Gasteiger partial charge < -0.3 is 10.2 Å². The van der Waals surface area contributed by atoms with Crippen LogP contribution in [0, 0.1) is 5.92 Å². The normalized spacial score (nSPS) is 24.3. The zero-order valence-corrected chi connectivity index (χ0v) is 13.6. The van der Waals surface area contributed by atoms with Gasteiger partial charge in [-0.1, -0.05) is 13.8 Å². The van der Waals surface area contributed by atoms with Gasteiger partial charge in [-0.25, -0.2) is 0 Å². The van der Waals surface area contributed by atoms with Gasteiger partial charge in [0.05, 0.1) is 6.54 Å². The molecule has 2 fully saturated rings. The van der Waals surface area contributed by atoms with Crippen molar-refractivity contribution in [1.82, 2.24) is 15.1 Å². The minimum Gasteiger partial charge on any atom is -0.357 e. The van der Waals surface area contributed by atoms with Crippen LogP contribution in [-0.2, 0) is 0 Å². The highest BCUT2D eigenvalue weighted by atomic mass is 15.3. The molecule has 0 amide bonds. The third kappa shape index (κ3) is 4.65. The van der Waals surface area contributed by atoms with Crippen LogP contribution in [0.25, 0.3) is 0 Å². The number of nitrogens with zero attached hydrogens (tertiary/aromatic N) is 3. The van der Waals surface area contributed by atoms with E-state index < -0.39 is 0 Å². The largest absolute Gasteiger partial charge is 0.357 e. The van der Waals surface area contributed by atoms with Crippen LogP contribution in [0.15, 0.2) is 4.99 Å². The van der Waals surface area contributed by atoms with Crippen molar-refractivity contribution in [2.75, 3.05) is 39.3 Å². The van der Waals surface area contributed by atoms with Crippen molar-refractivity contribution in [3.63, 3.8) is 0 Å². The van der Waals surface area contributed by atoms with Gasteiger partial charge >= 0.3 is 0 Å². The van der Waals surface area contributed by atoms with Crippen molar-refractivity contribution >= 4 is 5.96 Å². The minimum atomic E-state index is 0.797. The molecule has 1 saturated carbocycles. The van der Waals surface area contributed by atoms with Gasteiger partial charge in [0.15, 0.2) is 5.96 Å². The van der Waals surface area contributed by atoms with Crippen molar-refractivity contribution in [2.45, 2.75) is 52.5 Å². The fourth-order valence-electron chi connectivity index (χ4n) is 3.13. The maximum absolute atomic E-state index is 4.86. The fourth-order valence-corrected chi connectivity index (χ4v) is 3.13. The van der Waals surface area contributed by atoms with E-state index in [1.807, 2.05) is 0 Å². The van der Waals surface area contributed by atoms with Crippen LogP contribution in [0.3, 0.4) is 0 Å². The van der Waals surface area contributed by atoms with E-state index in [4.69, 9.17) is 4.99 Å². The number of piperidine rings is 1. The molecule has 1 N–H and O–H groups in total. The maximum atomic E-state index is 4.86. The van der Waals surface area contributed by atoms with E-state index in [2.05, 4.69) is 35.9 Å². The lowest BCUT2D eigenvalue weighted by atomic mass is 10.0. The molecular formula is C16H32N4. The van der Waals surface area contributed by atoms with Crippen LogP contribution in [-0.4, -0.2) is 61.1 Å². The molecule has 0 radical (unpaired) electrons. The molecule has 1 unspecified atom stereocenters. The van der Waals surface area contributed by atoms with Gasteiger partial charge in [-0.2, -0.15) is 0 Å². The Bertz CT molecular complexity index is 312. The standard InChI is InChI=1S/C16H32N4/c1-4-17-16(20-11-6-7-14(3)13-20)18-10-12-19(5-2)15-8-9-15/h14-15H,4-13H2,1-3H3,(H,17,18). The first-order valence-electron chi connectivity index (χ1n) is 8.51. The summed E-state index contributed by atoms with van der Waals surface area (Å²) < 4.78 is 0. The Balaban J connectivity index is 1.84. The molecule has 0 spiro atoms. The topological polar surface area (TPSA) is 30.9 Å². The maximum Gasteiger partial charge on any atom is 0.193 e. The number of hydrogen-bond donors (Lipinski definition) is 1. The minimum absolute atomic E-state index is 0.797. The van der Waals surface area contributed by atoms with Crippen LogP contribution in [0.2, 0.25) is 0 Å². The lowest BCUT2D eigenvalue weighted by molar-refractivity contribution is 0.263. The molecule has 0 bridgehead atoms. The van der Waals surface area contributed by atoms with Crippen molar-refractivity contribution in [3.05, 3.63) is 0 Å². The number of nitrogens with one attached hydrogen (secondary N) is 1. The zero-order valence-electron chi connectivity index (χ0n) is 13.6. The summed E-state index contributed by atoms with van der Waals surface area (Å²) in [5.74, 6) is 1.93. The first-order valence-corrected chi connectivity index (χ1v) is 8.51. The molecule has 0 aromatic rings. The van der Waals surface area contributed by atoms with Crippen molar-refractivity contribution in [3.8, 4) is 0 Å². The van der Waals surface area contributed by atoms with Crippen molar-refractivity contribution in [2.24, 2.45) is 10.9 Å². The smallest absolute Gasteiger partial charge is 0.193 e. The van der Waals surface area contributed by atoms with E-state index in [-0.39, 0.29) is 0 Å². The fraction of sp³-hybridized carbons (Fsp3) is 0.938. The number of aliphatic imine (C=N–C) groups is 1. The third-order valence-corrected chi connectivity index (χ3v) is 4.41. The predicted octanol–water partition coefficient (Wildman–Crippen LogP) is 2.17. The van der Waals surface area contributed by atoms with E-state index in [0.29, 0.717) is 0 Å². The number of likely N-dealkylation sites (N-methyl/N-ethyl adjacent to an activating group) is 1. The summed E-state index contributed by atoms with van der Waals surface area (Å²) >= 11 is 0. The van der Waals surface area contributed by atoms with Gasteiger partial charge in [-0.15, -0.1) is 0 Å². The average Bonchev–Trinajstić information content (AvgIpc) is 3.27. The molecule has 1 heterocycles. The highest BCUT2D eigenvalue weighted by molar-refractivity contribution is 5.80. The summed E-state index contributed by atoms with van der Waals surface area (Å²) in [5.41, 5.74) is 0. The molecule has 20 heavy (non-hydrogen) atoms. The van der Waals surface area contributed by atoms with E-state index in [1.54, 1.807) is 0 Å². The Labute approximate surface area is 124 Å². The second-order valence-electron chi connectivity index (χ2n) is 6.29. The summed E-state index contributed by atoms with van der Waals surface area (Å²) in [6, 6.07) is 0.854. The predicted molar refractivity (Wildman–Crippen MR) is 86.2 cm³/mol. The number of likely N-dealkylation sites (tertiary alicyclic amines) is 1. The lowest BCUT2D eigenvalue weighted by Crippen LogP contribution is -2.46. The second-order valence-corrected chi connectivity index (χ2v) is 6.29. The molecule has 4 heteroatoms. The van der Waals surface area contributed by atoms with E-state index in [1.165, 1.54) is 25.7 Å². The van der Waals surface area contributed by atoms with E-state index in [0.717, 1.165) is 57.2 Å². The van der Waals surface area contributed by atoms with Gasteiger partial charge in [0.25, 0.3) is 0 Å². The molecule has 4 nitrogen and oxygen atoms in total. The third-order valence-electron chi connectivity index (χ3n) is 4.41. The van der Waals surface area contributed by atoms with Crippen LogP contribution < -0.4 is 5.32 Å². The molecule has 2 aliphatic rings.